The van der Waals surface area contributed by atoms with Crippen molar-refractivity contribution in [2.75, 3.05) is 0 Å². The van der Waals surface area contributed by atoms with E-state index in [0.29, 0.717) is 6.42 Å². The predicted molar refractivity (Wildman–Crippen MR) is 39.8 cm³/mol. The minimum absolute atomic E-state index is 0.140. The minimum atomic E-state index is -0.234. The second kappa shape index (κ2) is 4.20. The number of carbonyl (C=O) groups is 2. The molecule has 0 amide bonds. The van der Waals surface area contributed by atoms with Crippen molar-refractivity contribution in [3.8, 4) is 0 Å². The summed E-state index contributed by atoms with van der Waals surface area (Å²) >= 11 is 0. The van der Waals surface area contributed by atoms with Gasteiger partial charge in [0.05, 0.1) is 0 Å². The Morgan fingerprint density at radius 1 is 1.30 bits per heavy atom. The van der Waals surface area contributed by atoms with E-state index in [2.05, 4.69) is 0 Å². The van der Waals surface area contributed by atoms with E-state index in [-0.39, 0.29) is 17.5 Å². The molecular weight excluding hydrogens is 128 g/mol. The Hall–Kier alpha value is -0.660. The maximum absolute atomic E-state index is 10.9. The molecule has 10 heavy (non-hydrogen) atoms. The van der Waals surface area contributed by atoms with Gasteiger partial charge in [0.15, 0.2) is 5.78 Å². The van der Waals surface area contributed by atoms with Gasteiger partial charge in [-0.05, 0) is 6.42 Å². The average molecular weight is 142 g/mol. The maximum Gasteiger partial charge on any atom is 0.200 e. The van der Waals surface area contributed by atoms with Gasteiger partial charge in [-0.1, -0.05) is 20.8 Å². The third kappa shape index (κ3) is 2.76. The normalized spacial score (nSPS) is 10.0. The van der Waals surface area contributed by atoms with Crippen LogP contribution in [0.2, 0.25) is 0 Å². The fraction of sp³-hybridized carbons (Fsp3) is 0.750. The Balaban J connectivity index is 3.83. The van der Waals surface area contributed by atoms with Gasteiger partial charge >= 0.3 is 0 Å². The molecule has 0 spiro atoms. The van der Waals surface area contributed by atoms with Crippen molar-refractivity contribution in [2.45, 2.75) is 33.6 Å². The number of carbonyl (C=O) groups excluding carboxylic acids is 2. The topological polar surface area (TPSA) is 34.1 Å². The number of rotatable bonds is 4. The summed E-state index contributed by atoms with van der Waals surface area (Å²) in [6.07, 6.45) is 1.16. The van der Waals surface area contributed by atoms with Crippen LogP contribution < -0.4 is 0 Å². The van der Waals surface area contributed by atoms with Crippen LogP contribution >= 0.6 is 0 Å². The van der Waals surface area contributed by atoms with Crippen molar-refractivity contribution in [3.05, 3.63) is 0 Å². The van der Waals surface area contributed by atoms with Gasteiger partial charge in [-0.25, -0.2) is 0 Å². The van der Waals surface area contributed by atoms with Crippen LogP contribution in [0.25, 0.3) is 0 Å². The number of hydrogen-bond acceptors (Lipinski definition) is 2. The quantitative estimate of drug-likeness (QED) is 0.558. The highest BCUT2D eigenvalue weighted by Gasteiger charge is 2.15. The van der Waals surface area contributed by atoms with Crippen LogP contribution in [0, 0.1) is 5.92 Å². The summed E-state index contributed by atoms with van der Waals surface area (Å²) in [6, 6.07) is 0. The second-order valence-corrected chi connectivity index (χ2v) is 2.69. The van der Waals surface area contributed by atoms with Crippen LogP contribution in [0.4, 0.5) is 0 Å². The van der Waals surface area contributed by atoms with Gasteiger partial charge in [-0.15, -0.1) is 0 Å². The molecule has 0 bridgehead atoms. The standard InChI is InChI=1S/C8H14O2/c1-4-5-7(9)8(10)6(2)3/h6H,4-5H2,1-3H3. The summed E-state index contributed by atoms with van der Waals surface area (Å²) in [5.41, 5.74) is 0. The smallest absolute Gasteiger partial charge is 0.200 e. The van der Waals surface area contributed by atoms with Crippen LogP contribution in [0.3, 0.4) is 0 Å². The van der Waals surface area contributed by atoms with Gasteiger partial charge in [0.1, 0.15) is 0 Å². The average Bonchev–Trinajstić information content (AvgIpc) is 1.87. The molecule has 0 atom stereocenters. The molecule has 58 valence electrons. The summed E-state index contributed by atoms with van der Waals surface area (Å²) in [6.45, 7) is 5.39. The van der Waals surface area contributed by atoms with E-state index in [9.17, 15) is 9.59 Å². The number of ketones is 2. The van der Waals surface area contributed by atoms with Crippen molar-refractivity contribution in [3.63, 3.8) is 0 Å². The summed E-state index contributed by atoms with van der Waals surface area (Å²) in [7, 11) is 0. The zero-order valence-corrected chi connectivity index (χ0v) is 6.81. The molecular formula is C8H14O2. The fourth-order valence-corrected chi connectivity index (χ4v) is 0.672. The highest BCUT2D eigenvalue weighted by atomic mass is 16.2. The molecule has 0 aromatic carbocycles. The van der Waals surface area contributed by atoms with E-state index in [1.807, 2.05) is 6.92 Å². The first kappa shape index (κ1) is 9.34. The molecule has 0 unspecified atom stereocenters. The first-order valence-corrected chi connectivity index (χ1v) is 3.66. The number of hydrogen-bond donors (Lipinski definition) is 0. The van der Waals surface area contributed by atoms with E-state index in [0.717, 1.165) is 6.42 Å². The molecule has 0 saturated heterocycles. The van der Waals surface area contributed by atoms with Crippen molar-refractivity contribution < 1.29 is 9.59 Å². The van der Waals surface area contributed by atoms with Crippen molar-refractivity contribution in [1.29, 1.82) is 0 Å². The molecule has 0 fully saturated rings. The van der Waals surface area contributed by atoms with Gasteiger partial charge in [0.25, 0.3) is 0 Å². The van der Waals surface area contributed by atoms with Crippen LogP contribution in [0.1, 0.15) is 33.6 Å². The minimum Gasteiger partial charge on any atom is -0.291 e. The van der Waals surface area contributed by atoms with Crippen molar-refractivity contribution in [1.82, 2.24) is 0 Å². The second-order valence-electron chi connectivity index (χ2n) is 2.69. The number of Topliss-reactive ketones (excluding diaryl/α,β-unsaturated/α-hetero) is 2. The Labute approximate surface area is 61.6 Å². The molecule has 0 aliphatic rings. The van der Waals surface area contributed by atoms with E-state index in [1.165, 1.54) is 0 Å². The van der Waals surface area contributed by atoms with Gasteiger partial charge in [-0.3, -0.25) is 9.59 Å². The van der Waals surface area contributed by atoms with Gasteiger partial charge in [-0.2, -0.15) is 0 Å². The third-order valence-corrected chi connectivity index (χ3v) is 1.28. The molecule has 0 N–H and O–H groups in total. The van der Waals surface area contributed by atoms with Crippen molar-refractivity contribution >= 4 is 11.6 Å². The summed E-state index contributed by atoms with van der Waals surface area (Å²) in [5.74, 6) is -0.599. The van der Waals surface area contributed by atoms with Gasteiger partial charge < -0.3 is 0 Å². The molecule has 0 aliphatic heterocycles. The van der Waals surface area contributed by atoms with E-state index < -0.39 is 0 Å². The lowest BCUT2D eigenvalue weighted by Crippen LogP contribution is -2.18. The first-order valence-electron chi connectivity index (χ1n) is 3.66. The fourth-order valence-electron chi connectivity index (χ4n) is 0.672. The SMILES string of the molecule is CCCC(=O)C(=O)C(C)C. The lowest BCUT2D eigenvalue weighted by Gasteiger charge is -1.99. The Bertz CT molecular complexity index is 136. The van der Waals surface area contributed by atoms with Crippen LogP contribution in [-0.4, -0.2) is 11.6 Å². The van der Waals surface area contributed by atoms with Gasteiger partial charge in [0, 0.05) is 12.3 Å². The predicted octanol–water partition coefficient (Wildman–Crippen LogP) is 1.58. The molecule has 0 aliphatic carbocycles. The van der Waals surface area contributed by atoms with Crippen LogP contribution in [-0.2, 0) is 9.59 Å². The Morgan fingerprint density at radius 2 is 1.80 bits per heavy atom. The largest absolute Gasteiger partial charge is 0.291 e. The lowest BCUT2D eigenvalue weighted by molar-refractivity contribution is -0.138. The molecule has 2 nitrogen and oxygen atoms in total. The van der Waals surface area contributed by atoms with E-state index >= 15 is 0 Å². The molecule has 0 rings (SSSR count). The molecule has 0 aromatic heterocycles. The van der Waals surface area contributed by atoms with Crippen molar-refractivity contribution in [2.24, 2.45) is 5.92 Å². The van der Waals surface area contributed by atoms with E-state index in [1.54, 1.807) is 13.8 Å². The lowest BCUT2D eigenvalue weighted by atomic mass is 10.0. The Kier molecular flexibility index (Phi) is 3.93. The van der Waals surface area contributed by atoms with Crippen LogP contribution in [0.5, 0.6) is 0 Å². The zero-order chi connectivity index (χ0) is 8.15. The van der Waals surface area contributed by atoms with E-state index in [4.69, 9.17) is 0 Å². The monoisotopic (exact) mass is 142 g/mol. The highest BCUT2D eigenvalue weighted by molar-refractivity contribution is 6.37. The summed E-state index contributed by atoms with van der Waals surface area (Å²) in [4.78, 5) is 21.7. The zero-order valence-electron chi connectivity index (χ0n) is 6.81. The maximum atomic E-state index is 10.9. The highest BCUT2D eigenvalue weighted by Crippen LogP contribution is 1.99. The molecule has 0 radical (unpaired) electrons. The summed E-state index contributed by atoms with van der Waals surface area (Å²) in [5, 5.41) is 0. The Morgan fingerprint density at radius 3 is 2.10 bits per heavy atom. The van der Waals surface area contributed by atoms with Gasteiger partial charge in [0.2, 0.25) is 5.78 Å². The molecule has 0 aromatic rings. The third-order valence-electron chi connectivity index (χ3n) is 1.28. The van der Waals surface area contributed by atoms with Crippen LogP contribution in [0.15, 0.2) is 0 Å². The first-order chi connectivity index (χ1) is 4.59. The molecule has 0 saturated carbocycles. The molecule has 2 heteroatoms. The molecule has 0 heterocycles. The summed E-state index contributed by atoms with van der Waals surface area (Å²) < 4.78 is 0.